The fourth-order valence-electron chi connectivity index (χ4n) is 2.29. The van der Waals surface area contributed by atoms with Crippen LogP contribution in [-0.2, 0) is 6.54 Å². The minimum absolute atomic E-state index is 0.298. The molecule has 0 radical (unpaired) electrons. The van der Waals surface area contributed by atoms with E-state index in [1.54, 1.807) is 11.3 Å². The van der Waals surface area contributed by atoms with Crippen molar-refractivity contribution >= 4 is 27.3 Å². The maximum absolute atomic E-state index is 9.42. The van der Waals surface area contributed by atoms with Gasteiger partial charge < -0.3 is 5.11 Å². The third-order valence-electron chi connectivity index (χ3n) is 3.20. The highest BCUT2D eigenvalue weighted by molar-refractivity contribution is 9.11. The van der Waals surface area contributed by atoms with Gasteiger partial charge in [0.25, 0.3) is 0 Å². The lowest BCUT2D eigenvalue weighted by Crippen LogP contribution is -2.36. The van der Waals surface area contributed by atoms with E-state index in [1.165, 1.54) is 27.9 Å². The number of likely N-dealkylation sites (tertiary alicyclic amines) is 1. The Balaban J connectivity index is 1.99. The van der Waals surface area contributed by atoms with Crippen LogP contribution >= 0.6 is 27.3 Å². The predicted molar refractivity (Wildman–Crippen MR) is 71.8 cm³/mol. The van der Waals surface area contributed by atoms with Crippen LogP contribution in [0.4, 0.5) is 0 Å². The van der Waals surface area contributed by atoms with Crippen molar-refractivity contribution in [2.45, 2.75) is 38.3 Å². The van der Waals surface area contributed by atoms with Crippen molar-refractivity contribution in [1.29, 1.82) is 0 Å². The Morgan fingerprint density at radius 1 is 1.38 bits per heavy atom. The number of hydrogen-bond acceptors (Lipinski definition) is 3. The maximum atomic E-state index is 9.42. The molecule has 1 aliphatic rings. The van der Waals surface area contributed by atoms with Gasteiger partial charge in [-0.1, -0.05) is 12.8 Å². The number of aliphatic hydroxyl groups is 1. The third kappa shape index (κ3) is 3.29. The van der Waals surface area contributed by atoms with E-state index in [1.807, 2.05) is 0 Å². The lowest BCUT2D eigenvalue weighted by molar-refractivity contribution is 0.119. The molecule has 0 aliphatic carbocycles. The molecule has 1 saturated heterocycles. The predicted octanol–water partition coefficient (Wildman–Crippen LogP) is 3.25. The standard InChI is InChI=1S/C12H18BrNOS/c13-12-6-5-11(16-12)8-14-7-3-1-2-4-10(14)9-15/h5-6,10,15H,1-4,7-9H2. The zero-order chi connectivity index (χ0) is 11.4. The molecule has 16 heavy (non-hydrogen) atoms. The molecular weight excluding hydrogens is 286 g/mol. The Labute approximate surface area is 109 Å². The zero-order valence-electron chi connectivity index (χ0n) is 9.36. The molecule has 1 aromatic rings. The first kappa shape index (κ1) is 12.6. The van der Waals surface area contributed by atoms with E-state index >= 15 is 0 Å². The number of halogens is 1. The highest BCUT2D eigenvalue weighted by Crippen LogP contribution is 2.25. The smallest absolute Gasteiger partial charge is 0.0701 e. The number of hydrogen-bond donors (Lipinski definition) is 1. The Hall–Kier alpha value is 0.1000. The molecule has 1 fully saturated rings. The lowest BCUT2D eigenvalue weighted by atomic mass is 10.1. The molecule has 1 atom stereocenters. The molecule has 1 aromatic heterocycles. The summed E-state index contributed by atoms with van der Waals surface area (Å²) in [4.78, 5) is 3.82. The van der Waals surface area contributed by atoms with Crippen molar-refractivity contribution < 1.29 is 5.11 Å². The Morgan fingerprint density at radius 2 is 2.25 bits per heavy atom. The van der Waals surface area contributed by atoms with Crippen molar-refractivity contribution in [3.8, 4) is 0 Å². The van der Waals surface area contributed by atoms with Gasteiger partial charge in [0.05, 0.1) is 10.4 Å². The van der Waals surface area contributed by atoms with E-state index in [9.17, 15) is 5.11 Å². The highest BCUT2D eigenvalue weighted by Gasteiger charge is 2.20. The zero-order valence-corrected chi connectivity index (χ0v) is 11.8. The van der Waals surface area contributed by atoms with E-state index in [0.717, 1.165) is 19.5 Å². The average molecular weight is 304 g/mol. The second kappa shape index (κ2) is 6.15. The summed E-state index contributed by atoms with van der Waals surface area (Å²) in [7, 11) is 0. The van der Waals surface area contributed by atoms with E-state index in [4.69, 9.17) is 0 Å². The molecule has 90 valence electrons. The van der Waals surface area contributed by atoms with Gasteiger partial charge in [-0.05, 0) is 47.4 Å². The third-order valence-corrected chi connectivity index (χ3v) is 4.81. The summed E-state index contributed by atoms with van der Waals surface area (Å²) in [5.41, 5.74) is 0. The van der Waals surface area contributed by atoms with Crippen LogP contribution in [0.25, 0.3) is 0 Å². The van der Waals surface area contributed by atoms with Gasteiger partial charge in [-0.25, -0.2) is 0 Å². The summed E-state index contributed by atoms with van der Waals surface area (Å²) in [5, 5.41) is 9.42. The fourth-order valence-corrected chi connectivity index (χ4v) is 3.80. The molecule has 0 amide bonds. The van der Waals surface area contributed by atoms with Crippen molar-refractivity contribution in [2.75, 3.05) is 13.2 Å². The number of rotatable bonds is 3. The summed E-state index contributed by atoms with van der Waals surface area (Å²) in [6.07, 6.45) is 4.98. The van der Waals surface area contributed by atoms with Crippen LogP contribution in [0.5, 0.6) is 0 Å². The molecule has 0 bridgehead atoms. The quantitative estimate of drug-likeness (QED) is 0.926. The van der Waals surface area contributed by atoms with Crippen molar-refractivity contribution in [3.63, 3.8) is 0 Å². The van der Waals surface area contributed by atoms with Gasteiger partial charge in [0, 0.05) is 17.5 Å². The normalized spacial score (nSPS) is 23.2. The topological polar surface area (TPSA) is 23.5 Å². The van der Waals surface area contributed by atoms with Gasteiger partial charge in [-0.15, -0.1) is 11.3 Å². The van der Waals surface area contributed by atoms with Crippen molar-refractivity contribution in [1.82, 2.24) is 4.90 Å². The van der Waals surface area contributed by atoms with Crippen LogP contribution in [-0.4, -0.2) is 29.2 Å². The molecule has 1 aliphatic heterocycles. The SMILES string of the molecule is OCC1CCCCCN1Cc1ccc(Br)s1. The molecule has 2 nitrogen and oxygen atoms in total. The van der Waals surface area contributed by atoms with Crippen molar-refractivity contribution in [2.24, 2.45) is 0 Å². The van der Waals surface area contributed by atoms with Gasteiger partial charge >= 0.3 is 0 Å². The second-order valence-electron chi connectivity index (χ2n) is 4.36. The summed E-state index contributed by atoms with van der Waals surface area (Å²) in [5.74, 6) is 0. The highest BCUT2D eigenvalue weighted by atomic mass is 79.9. The first-order chi connectivity index (χ1) is 7.79. The molecule has 1 N–H and O–H groups in total. The van der Waals surface area contributed by atoms with Crippen LogP contribution in [0.3, 0.4) is 0 Å². The molecule has 0 aromatic carbocycles. The van der Waals surface area contributed by atoms with Crippen LogP contribution < -0.4 is 0 Å². The Bertz CT molecular complexity index is 329. The van der Waals surface area contributed by atoms with Gasteiger partial charge in [0.15, 0.2) is 0 Å². The summed E-state index contributed by atoms with van der Waals surface area (Å²) in [6.45, 7) is 2.41. The van der Waals surface area contributed by atoms with Crippen LogP contribution in [0, 0.1) is 0 Å². The molecular formula is C12H18BrNOS. The number of aliphatic hydroxyl groups excluding tert-OH is 1. The minimum atomic E-state index is 0.298. The van der Waals surface area contributed by atoms with E-state index in [0.29, 0.717) is 12.6 Å². The summed E-state index contributed by atoms with van der Waals surface area (Å²) >= 11 is 5.29. The maximum Gasteiger partial charge on any atom is 0.0701 e. The van der Waals surface area contributed by atoms with Gasteiger partial charge in [0.1, 0.15) is 0 Å². The second-order valence-corrected chi connectivity index (χ2v) is 6.91. The van der Waals surface area contributed by atoms with E-state index < -0.39 is 0 Å². The molecule has 1 unspecified atom stereocenters. The molecule has 2 heterocycles. The van der Waals surface area contributed by atoms with Gasteiger partial charge in [-0.2, -0.15) is 0 Å². The fraction of sp³-hybridized carbons (Fsp3) is 0.667. The Kier molecular flexibility index (Phi) is 4.82. The van der Waals surface area contributed by atoms with Crippen LogP contribution in [0.2, 0.25) is 0 Å². The van der Waals surface area contributed by atoms with E-state index in [2.05, 4.69) is 33.0 Å². The van der Waals surface area contributed by atoms with Crippen LogP contribution in [0.15, 0.2) is 15.9 Å². The summed E-state index contributed by atoms with van der Waals surface area (Å²) in [6, 6.07) is 4.64. The average Bonchev–Trinajstić information content (AvgIpc) is 2.56. The first-order valence-electron chi connectivity index (χ1n) is 5.88. The number of thiophene rings is 1. The van der Waals surface area contributed by atoms with Gasteiger partial charge in [-0.3, -0.25) is 4.90 Å². The monoisotopic (exact) mass is 303 g/mol. The number of nitrogens with zero attached hydrogens (tertiary/aromatic N) is 1. The molecule has 0 saturated carbocycles. The Morgan fingerprint density at radius 3 is 2.94 bits per heavy atom. The van der Waals surface area contributed by atoms with E-state index in [-0.39, 0.29) is 0 Å². The summed E-state index contributed by atoms with van der Waals surface area (Å²) < 4.78 is 1.19. The van der Waals surface area contributed by atoms with Crippen LogP contribution in [0.1, 0.15) is 30.6 Å². The molecule has 2 rings (SSSR count). The van der Waals surface area contributed by atoms with Gasteiger partial charge in [0.2, 0.25) is 0 Å². The largest absolute Gasteiger partial charge is 0.395 e. The first-order valence-corrected chi connectivity index (χ1v) is 7.49. The molecule has 4 heteroatoms. The lowest BCUT2D eigenvalue weighted by Gasteiger charge is -2.27. The minimum Gasteiger partial charge on any atom is -0.395 e. The van der Waals surface area contributed by atoms with Crippen molar-refractivity contribution in [3.05, 3.63) is 20.8 Å². The molecule has 0 spiro atoms.